The lowest BCUT2D eigenvalue weighted by Gasteiger charge is -2.11. The number of esters is 1. The van der Waals surface area contributed by atoms with E-state index in [9.17, 15) is 22.8 Å². The van der Waals surface area contributed by atoms with E-state index >= 15 is 0 Å². The largest absolute Gasteiger partial charge is 0.456 e. The molecule has 0 aliphatic rings. The predicted octanol–water partition coefficient (Wildman–Crippen LogP) is 3.26. The van der Waals surface area contributed by atoms with Gasteiger partial charge in [0.05, 0.1) is 22.8 Å². The Labute approximate surface area is 186 Å². The molecule has 32 heavy (non-hydrogen) atoms. The van der Waals surface area contributed by atoms with Gasteiger partial charge >= 0.3 is 5.97 Å². The van der Waals surface area contributed by atoms with Gasteiger partial charge in [-0.3, -0.25) is 14.4 Å². The number of amides is 1. The van der Waals surface area contributed by atoms with Crippen LogP contribution in [0.15, 0.2) is 89.8 Å². The first kappa shape index (κ1) is 22.9. The van der Waals surface area contributed by atoms with Crippen LogP contribution in [0.4, 0.5) is 5.69 Å². The summed E-state index contributed by atoms with van der Waals surface area (Å²) >= 11 is 0. The smallest absolute Gasteiger partial charge is 0.307 e. The Balaban J connectivity index is 1.54. The number of carbonyl (C=O) groups excluding carboxylic acids is 3. The van der Waals surface area contributed by atoms with Gasteiger partial charge in [-0.1, -0.05) is 60.7 Å². The summed E-state index contributed by atoms with van der Waals surface area (Å²) in [6.45, 7) is -0.599. The van der Waals surface area contributed by atoms with Crippen LogP contribution in [0.3, 0.4) is 0 Å². The molecule has 8 heteroatoms. The first-order valence-corrected chi connectivity index (χ1v) is 11.4. The molecule has 0 heterocycles. The van der Waals surface area contributed by atoms with Crippen molar-refractivity contribution in [1.29, 1.82) is 0 Å². The van der Waals surface area contributed by atoms with E-state index in [4.69, 9.17) is 4.74 Å². The molecule has 0 radical (unpaired) electrons. The van der Waals surface area contributed by atoms with Gasteiger partial charge in [-0.25, -0.2) is 8.42 Å². The van der Waals surface area contributed by atoms with Crippen LogP contribution in [0.25, 0.3) is 0 Å². The summed E-state index contributed by atoms with van der Waals surface area (Å²) in [7, 11) is -3.62. The number of anilines is 1. The minimum Gasteiger partial charge on any atom is -0.456 e. The molecule has 0 aliphatic heterocycles. The van der Waals surface area contributed by atoms with Crippen molar-refractivity contribution in [2.45, 2.75) is 11.3 Å². The van der Waals surface area contributed by atoms with Gasteiger partial charge in [0.25, 0.3) is 5.91 Å². The molecule has 3 rings (SSSR count). The Morgan fingerprint density at radius 1 is 0.781 bits per heavy atom. The molecular formula is C24H21NO6S. The molecule has 1 amide bonds. The third-order valence-corrected chi connectivity index (χ3v) is 6.26. The van der Waals surface area contributed by atoms with Gasteiger partial charge in [0.1, 0.15) is 0 Å². The van der Waals surface area contributed by atoms with Crippen LogP contribution in [0.2, 0.25) is 0 Å². The van der Waals surface area contributed by atoms with Crippen molar-refractivity contribution >= 4 is 33.2 Å². The molecular weight excluding hydrogens is 430 g/mol. The zero-order valence-corrected chi connectivity index (χ0v) is 17.9. The third kappa shape index (κ3) is 6.12. The Hall–Kier alpha value is -3.78. The van der Waals surface area contributed by atoms with Crippen LogP contribution in [0.1, 0.15) is 22.3 Å². The maximum absolute atomic E-state index is 12.7. The lowest BCUT2D eigenvalue weighted by molar-refractivity contribution is -0.146. The van der Waals surface area contributed by atoms with Crippen molar-refractivity contribution in [3.63, 3.8) is 0 Å². The number of hydrogen-bond donors (Lipinski definition) is 1. The van der Waals surface area contributed by atoms with Crippen molar-refractivity contribution < 1.29 is 27.5 Å². The Morgan fingerprint density at radius 2 is 1.38 bits per heavy atom. The second-order valence-electron chi connectivity index (χ2n) is 6.83. The SMILES string of the molecule is O=C(COC(=O)CCS(=O)(=O)c1ccccc1)Nc1ccccc1C(=O)c1ccccc1. The van der Waals surface area contributed by atoms with Crippen LogP contribution in [0.5, 0.6) is 0 Å². The number of nitrogens with one attached hydrogen (secondary N) is 1. The van der Waals surface area contributed by atoms with Crippen LogP contribution in [-0.2, 0) is 24.2 Å². The molecule has 0 atom stereocenters. The lowest BCUT2D eigenvalue weighted by Crippen LogP contribution is -2.23. The van der Waals surface area contributed by atoms with E-state index in [1.54, 1.807) is 72.8 Å². The number of benzene rings is 3. The Bertz CT molecular complexity index is 1210. The summed E-state index contributed by atoms with van der Waals surface area (Å²) < 4.78 is 29.3. The topological polar surface area (TPSA) is 107 Å². The highest BCUT2D eigenvalue weighted by Gasteiger charge is 2.18. The number of rotatable bonds is 9. The highest BCUT2D eigenvalue weighted by atomic mass is 32.2. The Morgan fingerprint density at radius 3 is 2.06 bits per heavy atom. The van der Waals surface area contributed by atoms with Crippen LogP contribution < -0.4 is 5.32 Å². The lowest BCUT2D eigenvalue weighted by atomic mass is 10.0. The molecule has 0 spiro atoms. The summed E-state index contributed by atoms with van der Waals surface area (Å²) in [5.74, 6) is -2.14. The van der Waals surface area contributed by atoms with Crippen LogP contribution in [-0.4, -0.2) is 38.4 Å². The molecule has 1 N–H and O–H groups in total. The number of ether oxygens (including phenoxy) is 1. The number of para-hydroxylation sites is 1. The van der Waals surface area contributed by atoms with E-state index in [2.05, 4.69) is 5.32 Å². The summed E-state index contributed by atoms with van der Waals surface area (Å²) in [6.07, 6.45) is -0.381. The van der Waals surface area contributed by atoms with Crippen LogP contribution >= 0.6 is 0 Å². The molecule has 3 aromatic carbocycles. The fourth-order valence-electron chi connectivity index (χ4n) is 2.90. The standard InChI is InChI=1S/C24H21NO6S/c26-22(17-31-23(27)15-16-32(29,30)19-11-5-2-6-12-19)25-21-14-8-7-13-20(21)24(28)18-9-3-1-4-10-18/h1-14H,15-17H2,(H,25,26). The molecule has 0 saturated heterocycles. The first-order valence-electron chi connectivity index (χ1n) is 9.79. The van der Waals surface area contributed by atoms with E-state index in [1.807, 2.05) is 0 Å². The first-order chi connectivity index (χ1) is 15.4. The van der Waals surface area contributed by atoms with E-state index in [1.165, 1.54) is 12.1 Å². The molecule has 0 aliphatic carbocycles. The molecule has 164 valence electrons. The van der Waals surface area contributed by atoms with Crippen molar-refractivity contribution in [2.75, 3.05) is 17.7 Å². The highest BCUT2D eigenvalue weighted by Crippen LogP contribution is 2.19. The molecule has 0 aromatic heterocycles. The monoisotopic (exact) mass is 451 g/mol. The van der Waals surface area contributed by atoms with Crippen molar-refractivity contribution in [2.24, 2.45) is 0 Å². The van der Waals surface area contributed by atoms with E-state index in [0.717, 1.165) is 0 Å². The van der Waals surface area contributed by atoms with E-state index in [0.29, 0.717) is 11.1 Å². The molecule has 0 bridgehead atoms. The number of ketones is 1. The molecule has 7 nitrogen and oxygen atoms in total. The van der Waals surface area contributed by atoms with Gasteiger partial charge in [0.15, 0.2) is 22.2 Å². The molecule has 0 saturated carbocycles. The minimum atomic E-state index is -3.62. The normalized spacial score (nSPS) is 10.9. The highest BCUT2D eigenvalue weighted by molar-refractivity contribution is 7.91. The number of carbonyl (C=O) groups is 3. The molecule has 0 unspecified atom stereocenters. The average Bonchev–Trinajstić information content (AvgIpc) is 2.82. The maximum atomic E-state index is 12.7. The van der Waals surface area contributed by atoms with Gasteiger partial charge in [-0.05, 0) is 24.3 Å². The quantitative estimate of drug-likeness (QED) is 0.395. The van der Waals surface area contributed by atoms with Gasteiger partial charge in [0.2, 0.25) is 0 Å². The second kappa shape index (κ2) is 10.5. The van der Waals surface area contributed by atoms with Gasteiger partial charge in [-0.15, -0.1) is 0 Å². The summed E-state index contributed by atoms with van der Waals surface area (Å²) in [4.78, 5) is 37.0. The van der Waals surface area contributed by atoms with Crippen LogP contribution in [0, 0.1) is 0 Å². The van der Waals surface area contributed by atoms with Gasteiger partial charge < -0.3 is 10.1 Å². The average molecular weight is 452 g/mol. The van der Waals surface area contributed by atoms with Gasteiger partial charge in [-0.2, -0.15) is 0 Å². The minimum absolute atomic E-state index is 0.116. The zero-order valence-electron chi connectivity index (χ0n) is 17.1. The van der Waals surface area contributed by atoms with E-state index in [-0.39, 0.29) is 22.8 Å². The Kier molecular flexibility index (Phi) is 7.51. The number of sulfone groups is 1. The summed E-state index contributed by atoms with van der Waals surface area (Å²) in [5.41, 5.74) is 1.06. The maximum Gasteiger partial charge on any atom is 0.307 e. The molecule has 0 fully saturated rings. The summed E-state index contributed by atoms with van der Waals surface area (Å²) in [5, 5.41) is 2.56. The summed E-state index contributed by atoms with van der Waals surface area (Å²) in [6, 6.07) is 22.9. The fourth-order valence-corrected chi connectivity index (χ4v) is 4.15. The number of hydrogen-bond acceptors (Lipinski definition) is 6. The van der Waals surface area contributed by atoms with E-state index < -0.39 is 34.1 Å². The van der Waals surface area contributed by atoms with Crippen molar-refractivity contribution in [1.82, 2.24) is 0 Å². The molecule has 3 aromatic rings. The second-order valence-corrected chi connectivity index (χ2v) is 8.94. The van der Waals surface area contributed by atoms with Crippen molar-refractivity contribution in [3.05, 3.63) is 96.1 Å². The zero-order chi connectivity index (χ0) is 23.0. The van der Waals surface area contributed by atoms with Gasteiger partial charge in [0, 0.05) is 11.1 Å². The third-order valence-electron chi connectivity index (χ3n) is 4.52. The van der Waals surface area contributed by atoms with Crippen molar-refractivity contribution in [3.8, 4) is 0 Å². The predicted molar refractivity (Wildman–Crippen MR) is 119 cm³/mol. The fraction of sp³-hybridized carbons (Fsp3) is 0.125.